The highest BCUT2D eigenvalue weighted by molar-refractivity contribution is 5.84. The Kier molecular flexibility index (Phi) is 7.79. The summed E-state index contributed by atoms with van der Waals surface area (Å²) in [6, 6.07) is 8.27. The van der Waals surface area contributed by atoms with E-state index in [-0.39, 0.29) is 0 Å². The molecule has 5 nitrogen and oxygen atoms in total. The Bertz CT molecular complexity index is 935. The van der Waals surface area contributed by atoms with Gasteiger partial charge in [-0.05, 0) is 87.9 Å². The number of nitrogens with zero attached hydrogens (tertiary/aromatic N) is 2. The molecule has 5 atom stereocenters. The van der Waals surface area contributed by atoms with E-state index in [2.05, 4.69) is 41.8 Å². The van der Waals surface area contributed by atoms with Gasteiger partial charge in [0.1, 0.15) is 5.78 Å². The molecular formula is C27H37F3N2O3. The summed E-state index contributed by atoms with van der Waals surface area (Å²) in [5.41, 5.74) is 3.94. The molecule has 0 spiro atoms. The number of fused-ring (bicyclic) bond motifs is 2. The Morgan fingerprint density at radius 1 is 1.09 bits per heavy atom. The normalized spacial score (nSPS) is 30.4. The molecule has 2 bridgehead atoms. The molecule has 2 saturated heterocycles. The van der Waals surface area contributed by atoms with Crippen LogP contribution in [0.4, 0.5) is 18.9 Å². The van der Waals surface area contributed by atoms with Crippen LogP contribution in [0.25, 0.3) is 0 Å². The highest BCUT2D eigenvalue weighted by Crippen LogP contribution is 2.48. The van der Waals surface area contributed by atoms with Gasteiger partial charge in [0.2, 0.25) is 0 Å². The van der Waals surface area contributed by atoms with Crippen LogP contribution in [0.15, 0.2) is 18.2 Å². The summed E-state index contributed by atoms with van der Waals surface area (Å²) >= 11 is 0. The van der Waals surface area contributed by atoms with Gasteiger partial charge in [-0.1, -0.05) is 18.6 Å². The summed E-state index contributed by atoms with van der Waals surface area (Å²) in [5, 5.41) is 7.12. The number of hydrogen-bond donors (Lipinski definition) is 1. The van der Waals surface area contributed by atoms with Crippen LogP contribution < -0.4 is 4.90 Å². The van der Waals surface area contributed by atoms with Crippen molar-refractivity contribution in [2.24, 2.45) is 17.8 Å². The number of rotatable bonds is 5. The maximum Gasteiger partial charge on any atom is 0.490 e. The number of carboxylic acid groups (broad SMARTS) is 1. The van der Waals surface area contributed by atoms with Crippen molar-refractivity contribution < 1.29 is 27.9 Å². The van der Waals surface area contributed by atoms with Crippen molar-refractivity contribution in [2.75, 3.05) is 24.5 Å². The highest BCUT2D eigenvalue weighted by Gasteiger charge is 2.42. The van der Waals surface area contributed by atoms with Gasteiger partial charge in [0.25, 0.3) is 0 Å². The van der Waals surface area contributed by atoms with Gasteiger partial charge in [0.05, 0.1) is 0 Å². The molecule has 0 radical (unpaired) electrons. The number of likely N-dealkylation sites (tertiary alicyclic amines) is 1. The minimum absolute atomic E-state index is 0.362. The fraction of sp³-hybridized carbons (Fsp3) is 0.704. The quantitative estimate of drug-likeness (QED) is 0.607. The Morgan fingerprint density at radius 2 is 1.83 bits per heavy atom. The van der Waals surface area contributed by atoms with E-state index < -0.39 is 12.1 Å². The number of benzene rings is 1. The minimum Gasteiger partial charge on any atom is -0.475 e. The molecule has 2 heterocycles. The van der Waals surface area contributed by atoms with Gasteiger partial charge < -0.3 is 10.0 Å². The van der Waals surface area contributed by atoms with Crippen LogP contribution >= 0.6 is 0 Å². The molecule has 194 valence electrons. The number of ketones is 1. The Morgan fingerprint density at radius 3 is 2.37 bits per heavy atom. The summed E-state index contributed by atoms with van der Waals surface area (Å²) in [6.45, 7) is 8.23. The molecule has 1 aromatic rings. The van der Waals surface area contributed by atoms with Gasteiger partial charge in [0, 0.05) is 43.2 Å². The number of aryl methyl sites for hydroxylation is 1. The van der Waals surface area contributed by atoms with Crippen LogP contribution in [0.1, 0.15) is 63.0 Å². The number of aliphatic carboxylic acids is 1. The lowest BCUT2D eigenvalue weighted by atomic mass is 9.83. The second-order valence-electron chi connectivity index (χ2n) is 11.0. The van der Waals surface area contributed by atoms with Gasteiger partial charge in [0.15, 0.2) is 0 Å². The third kappa shape index (κ3) is 6.01. The van der Waals surface area contributed by atoms with Gasteiger partial charge in [-0.15, -0.1) is 0 Å². The van der Waals surface area contributed by atoms with Crippen molar-refractivity contribution in [3.05, 3.63) is 29.3 Å². The largest absolute Gasteiger partial charge is 0.490 e. The van der Waals surface area contributed by atoms with Crippen LogP contribution in [0.5, 0.6) is 0 Å². The number of anilines is 1. The zero-order valence-corrected chi connectivity index (χ0v) is 20.7. The first-order valence-corrected chi connectivity index (χ1v) is 13.0. The van der Waals surface area contributed by atoms with Crippen molar-refractivity contribution in [1.29, 1.82) is 0 Å². The molecule has 0 amide bonds. The standard InChI is InChI=1S/C25H36N2O.C2HF3O2/c1-17-12-19(15-25(28)23-14-20-5-7-21(23)13-20)6-8-24(17)26-11-9-22(16-26)27-10-3-4-18(27)2;3-2(4,5)1(6)7/h6,8,12,18,20-23H,3-5,7,9-11,13-16H2,1-2H3;(H,6,7)/t18?,20-,21+,22?,23?;/m1./s1. The third-order valence-electron chi connectivity index (χ3n) is 8.61. The predicted octanol–water partition coefficient (Wildman–Crippen LogP) is 5.24. The van der Waals surface area contributed by atoms with E-state index >= 15 is 0 Å². The Labute approximate surface area is 205 Å². The SMILES string of the molecule is Cc1cc(CC(=O)C2C[C@@H]3CC[C@H]2C3)ccc1N1CCC(N2CCCC2C)C1.O=C(O)C(F)(F)F. The topological polar surface area (TPSA) is 60.9 Å². The summed E-state index contributed by atoms with van der Waals surface area (Å²) in [7, 11) is 0. The minimum atomic E-state index is -5.08. The van der Waals surface area contributed by atoms with Crippen molar-refractivity contribution in [1.82, 2.24) is 4.90 Å². The summed E-state index contributed by atoms with van der Waals surface area (Å²) in [4.78, 5) is 27.1. The van der Waals surface area contributed by atoms with Gasteiger partial charge >= 0.3 is 12.1 Å². The number of carbonyl (C=O) groups excluding carboxylic acids is 1. The van der Waals surface area contributed by atoms with E-state index in [9.17, 15) is 18.0 Å². The number of carbonyl (C=O) groups is 2. The van der Waals surface area contributed by atoms with Crippen LogP contribution in [0.2, 0.25) is 0 Å². The average molecular weight is 495 g/mol. The fourth-order valence-corrected chi connectivity index (χ4v) is 6.88. The van der Waals surface area contributed by atoms with E-state index in [4.69, 9.17) is 9.90 Å². The molecule has 8 heteroatoms. The Balaban J connectivity index is 0.000000364. The summed E-state index contributed by atoms with van der Waals surface area (Å²) in [6.07, 6.45) is 4.73. The average Bonchev–Trinajstić information content (AvgIpc) is 3.58. The first-order valence-electron chi connectivity index (χ1n) is 13.0. The van der Waals surface area contributed by atoms with Crippen LogP contribution in [0, 0.1) is 24.7 Å². The number of hydrogen-bond acceptors (Lipinski definition) is 4. The van der Waals surface area contributed by atoms with E-state index in [0.29, 0.717) is 24.0 Å². The molecule has 1 N–H and O–H groups in total. The monoisotopic (exact) mass is 494 g/mol. The van der Waals surface area contributed by atoms with E-state index in [1.54, 1.807) is 0 Å². The van der Waals surface area contributed by atoms with Crippen molar-refractivity contribution >= 4 is 17.4 Å². The smallest absolute Gasteiger partial charge is 0.475 e. The maximum absolute atomic E-state index is 12.9. The lowest BCUT2D eigenvalue weighted by Crippen LogP contribution is -2.39. The van der Waals surface area contributed by atoms with E-state index in [0.717, 1.165) is 31.1 Å². The van der Waals surface area contributed by atoms with Crippen LogP contribution in [-0.2, 0) is 16.0 Å². The second kappa shape index (κ2) is 10.5. The molecular weight excluding hydrogens is 457 g/mol. The lowest BCUT2D eigenvalue weighted by molar-refractivity contribution is -0.192. The molecule has 3 unspecified atom stereocenters. The summed E-state index contributed by atoms with van der Waals surface area (Å²) in [5.74, 6) is -0.339. The van der Waals surface area contributed by atoms with Gasteiger partial charge in [-0.25, -0.2) is 4.79 Å². The molecule has 2 aliphatic carbocycles. The lowest BCUT2D eigenvalue weighted by Gasteiger charge is -2.29. The molecule has 4 aliphatic rings. The molecule has 1 aromatic carbocycles. The molecule has 4 fully saturated rings. The van der Waals surface area contributed by atoms with Crippen LogP contribution in [-0.4, -0.2) is 59.7 Å². The molecule has 35 heavy (non-hydrogen) atoms. The van der Waals surface area contributed by atoms with Gasteiger partial charge in [-0.2, -0.15) is 13.2 Å². The molecule has 2 aliphatic heterocycles. The Hall–Kier alpha value is -2.09. The predicted molar refractivity (Wildman–Crippen MR) is 129 cm³/mol. The van der Waals surface area contributed by atoms with Crippen molar-refractivity contribution in [2.45, 2.75) is 83.5 Å². The molecule has 2 saturated carbocycles. The maximum atomic E-state index is 12.9. The number of alkyl halides is 3. The number of halogens is 3. The second-order valence-corrected chi connectivity index (χ2v) is 11.0. The van der Waals surface area contributed by atoms with Crippen molar-refractivity contribution in [3.8, 4) is 0 Å². The first-order chi connectivity index (χ1) is 16.5. The zero-order chi connectivity index (χ0) is 25.3. The molecule has 0 aromatic heterocycles. The van der Waals surface area contributed by atoms with Crippen LogP contribution in [0.3, 0.4) is 0 Å². The molecule has 5 rings (SSSR count). The third-order valence-corrected chi connectivity index (χ3v) is 8.61. The van der Waals surface area contributed by atoms with Crippen molar-refractivity contribution in [3.63, 3.8) is 0 Å². The van der Waals surface area contributed by atoms with E-state index in [1.807, 2.05) is 0 Å². The first kappa shape index (κ1) is 26.0. The van der Waals surface area contributed by atoms with Gasteiger partial charge in [-0.3, -0.25) is 9.69 Å². The number of carboxylic acids is 1. The summed E-state index contributed by atoms with van der Waals surface area (Å²) < 4.78 is 31.7. The fourth-order valence-electron chi connectivity index (χ4n) is 6.88. The zero-order valence-electron chi connectivity index (χ0n) is 20.7. The van der Waals surface area contributed by atoms with E-state index in [1.165, 1.54) is 68.3 Å². The number of Topliss-reactive ketones (excluding diaryl/α,β-unsaturated/α-hetero) is 1. The highest BCUT2D eigenvalue weighted by atomic mass is 19.4.